The van der Waals surface area contributed by atoms with Crippen LogP contribution in [0.3, 0.4) is 0 Å². The van der Waals surface area contributed by atoms with Gasteiger partial charge in [0.1, 0.15) is 11.4 Å². The van der Waals surface area contributed by atoms with E-state index in [4.69, 9.17) is 0 Å². The van der Waals surface area contributed by atoms with Crippen LogP contribution in [0.15, 0.2) is 35.9 Å². The summed E-state index contributed by atoms with van der Waals surface area (Å²) in [6, 6.07) is 6.58. The van der Waals surface area contributed by atoms with Crippen molar-refractivity contribution in [3.63, 3.8) is 0 Å². The summed E-state index contributed by atoms with van der Waals surface area (Å²) < 4.78 is 0. The van der Waals surface area contributed by atoms with E-state index < -0.39 is 11.0 Å². The summed E-state index contributed by atoms with van der Waals surface area (Å²) in [5.41, 5.74) is -0.584. The number of allylic oxidation sites excluding steroid dienone is 1. The maximum atomic E-state index is 11.6. The van der Waals surface area contributed by atoms with E-state index in [0.29, 0.717) is 11.1 Å². The van der Waals surface area contributed by atoms with Gasteiger partial charge in [-0.25, -0.2) is 0 Å². The standard InChI is InChI=1S/C15H18O3/c1-10-7-13(17)9-14(2,3)15(10,18)11-5-4-6-12(16)8-11/h4-8,16,18H,9H2,1-3H3. The third-order valence-corrected chi connectivity index (χ3v) is 3.81. The minimum absolute atomic E-state index is 0.0299. The summed E-state index contributed by atoms with van der Waals surface area (Å²) in [5.74, 6) is 0.142. The molecule has 1 aromatic rings. The van der Waals surface area contributed by atoms with Crippen LogP contribution in [0.2, 0.25) is 0 Å². The summed E-state index contributed by atoms with van der Waals surface area (Å²) in [6.45, 7) is 5.49. The zero-order chi connectivity index (χ0) is 13.6. The molecule has 1 atom stereocenters. The Morgan fingerprint density at radius 3 is 2.50 bits per heavy atom. The Hall–Kier alpha value is -1.61. The molecule has 0 fully saturated rings. The molecular weight excluding hydrogens is 228 g/mol. The average molecular weight is 246 g/mol. The summed E-state index contributed by atoms with van der Waals surface area (Å²) >= 11 is 0. The lowest BCUT2D eigenvalue weighted by atomic mass is 9.62. The fourth-order valence-electron chi connectivity index (χ4n) is 2.84. The molecule has 0 amide bonds. The van der Waals surface area contributed by atoms with Gasteiger partial charge in [0.2, 0.25) is 0 Å². The molecule has 0 saturated carbocycles. The first kappa shape index (κ1) is 12.8. The normalized spacial score (nSPS) is 26.9. The molecule has 3 heteroatoms. The molecule has 0 radical (unpaired) electrons. The molecule has 18 heavy (non-hydrogen) atoms. The zero-order valence-corrected chi connectivity index (χ0v) is 10.9. The lowest BCUT2D eigenvalue weighted by Crippen LogP contribution is -2.46. The van der Waals surface area contributed by atoms with Crippen molar-refractivity contribution < 1.29 is 15.0 Å². The van der Waals surface area contributed by atoms with Gasteiger partial charge in [-0.2, -0.15) is 0 Å². The highest BCUT2D eigenvalue weighted by Crippen LogP contribution is 2.50. The van der Waals surface area contributed by atoms with Gasteiger partial charge in [-0.15, -0.1) is 0 Å². The Labute approximate surface area is 107 Å². The largest absolute Gasteiger partial charge is 0.508 e. The summed E-state index contributed by atoms with van der Waals surface area (Å²) in [6.07, 6.45) is 1.78. The van der Waals surface area contributed by atoms with Crippen molar-refractivity contribution in [1.29, 1.82) is 0 Å². The predicted molar refractivity (Wildman–Crippen MR) is 69.2 cm³/mol. The first-order valence-corrected chi connectivity index (χ1v) is 6.01. The highest BCUT2D eigenvalue weighted by Gasteiger charge is 2.49. The fraction of sp³-hybridized carbons (Fsp3) is 0.400. The third kappa shape index (κ3) is 1.75. The van der Waals surface area contributed by atoms with Crippen molar-refractivity contribution in [3.05, 3.63) is 41.5 Å². The lowest BCUT2D eigenvalue weighted by molar-refractivity contribution is -0.124. The maximum Gasteiger partial charge on any atom is 0.156 e. The van der Waals surface area contributed by atoms with E-state index in [0.717, 1.165) is 0 Å². The van der Waals surface area contributed by atoms with Gasteiger partial charge in [0, 0.05) is 11.8 Å². The Morgan fingerprint density at radius 2 is 1.94 bits per heavy atom. The van der Waals surface area contributed by atoms with Crippen molar-refractivity contribution in [1.82, 2.24) is 0 Å². The first-order chi connectivity index (χ1) is 8.27. The fourth-order valence-corrected chi connectivity index (χ4v) is 2.84. The number of ketones is 1. The monoisotopic (exact) mass is 246 g/mol. The molecule has 3 nitrogen and oxygen atoms in total. The molecule has 1 unspecified atom stereocenters. The molecule has 1 aliphatic rings. The number of carbonyl (C=O) groups is 1. The summed E-state index contributed by atoms with van der Waals surface area (Å²) in [5, 5.41) is 20.6. The maximum absolute atomic E-state index is 11.6. The lowest BCUT2D eigenvalue weighted by Gasteiger charge is -2.46. The van der Waals surface area contributed by atoms with E-state index in [1.54, 1.807) is 31.2 Å². The number of aromatic hydroxyl groups is 1. The van der Waals surface area contributed by atoms with Crippen LogP contribution in [0.4, 0.5) is 0 Å². The van der Waals surface area contributed by atoms with Crippen molar-refractivity contribution in [3.8, 4) is 5.75 Å². The Kier molecular flexibility index (Phi) is 2.82. The molecule has 1 aliphatic carbocycles. The Bertz CT molecular complexity index is 528. The molecule has 0 bridgehead atoms. The average Bonchev–Trinajstić information content (AvgIpc) is 2.24. The van der Waals surface area contributed by atoms with E-state index in [9.17, 15) is 15.0 Å². The number of hydrogen-bond acceptors (Lipinski definition) is 3. The van der Waals surface area contributed by atoms with E-state index in [1.807, 2.05) is 13.8 Å². The molecule has 0 aromatic heterocycles. The number of phenolic OH excluding ortho intramolecular Hbond substituents is 1. The van der Waals surface area contributed by atoms with Gasteiger partial charge < -0.3 is 10.2 Å². The Balaban J connectivity index is 2.64. The van der Waals surface area contributed by atoms with E-state index in [2.05, 4.69) is 0 Å². The van der Waals surface area contributed by atoms with Gasteiger partial charge in [-0.05, 0) is 36.3 Å². The summed E-state index contributed by atoms with van der Waals surface area (Å²) in [7, 11) is 0. The number of carbonyl (C=O) groups excluding carboxylic acids is 1. The minimum Gasteiger partial charge on any atom is -0.508 e. The smallest absolute Gasteiger partial charge is 0.156 e. The van der Waals surface area contributed by atoms with Crippen molar-refractivity contribution in [2.75, 3.05) is 0 Å². The van der Waals surface area contributed by atoms with Gasteiger partial charge in [-0.1, -0.05) is 26.0 Å². The van der Waals surface area contributed by atoms with Crippen LogP contribution < -0.4 is 0 Å². The van der Waals surface area contributed by atoms with Crippen molar-refractivity contribution in [2.45, 2.75) is 32.8 Å². The van der Waals surface area contributed by atoms with Gasteiger partial charge in [0.05, 0.1) is 0 Å². The molecule has 2 N–H and O–H groups in total. The second-order valence-corrected chi connectivity index (χ2v) is 5.62. The highest BCUT2D eigenvalue weighted by molar-refractivity contribution is 5.92. The minimum atomic E-state index is -1.22. The second kappa shape index (κ2) is 3.95. The van der Waals surface area contributed by atoms with Crippen LogP contribution in [0.5, 0.6) is 5.75 Å². The SMILES string of the molecule is CC1=CC(=O)CC(C)(C)C1(O)c1cccc(O)c1. The van der Waals surface area contributed by atoms with Crippen LogP contribution >= 0.6 is 0 Å². The van der Waals surface area contributed by atoms with Crippen molar-refractivity contribution in [2.24, 2.45) is 5.41 Å². The van der Waals surface area contributed by atoms with Gasteiger partial charge >= 0.3 is 0 Å². The number of aliphatic hydroxyl groups is 1. The molecule has 0 heterocycles. The molecule has 96 valence electrons. The summed E-state index contributed by atoms with van der Waals surface area (Å²) in [4.78, 5) is 11.6. The zero-order valence-electron chi connectivity index (χ0n) is 10.9. The first-order valence-electron chi connectivity index (χ1n) is 6.01. The molecule has 2 rings (SSSR count). The van der Waals surface area contributed by atoms with Crippen LogP contribution in [0, 0.1) is 5.41 Å². The van der Waals surface area contributed by atoms with Crippen LogP contribution in [0.25, 0.3) is 0 Å². The highest BCUT2D eigenvalue weighted by atomic mass is 16.3. The molecule has 0 saturated heterocycles. The van der Waals surface area contributed by atoms with Gasteiger partial charge in [-0.3, -0.25) is 4.79 Å². The number of rotatable bonds is 1. The van der Waals surface area contributed by atoms with Crippen molar-refractivity contribution >= 4 is 5.78 Å². The number of benzene rings is 1. The number of phenols is 1. The van der Waals surface area contributed by atoms with Gasteiger partial charge in [0.25, 0.3) is 0 Å². The third-order valence-electron chi connectivity index (χ3n) is 3.81. The molecule has 0 aliphatic heterocycles. The van der Waals surface area contributed by atoms with E-state index >= 15 is 0 Å². The van der Waals surface area contributed by atoms with E-state index in [-0.39, 0.29) is 18.0 Å². The number of hydrogen-bond donors (Lipinski definition) is 2. The van der Waals surface area contributed by atoms with E-state index in [1.165, 1.54) is 6.08 Å². The molecular formula is C15H18O3. The van der Waals surface area contributed by atoms with Crippen LogP contribution in [-0.2, 0) is 10.4 Å². The topological polar surface area (TPSA) is 57.5 Å². The van der Waals surface area contributed by atoms with Gasteiger partial charge in [0.15, 0.2) is 5.78 Å². The van der Waals surface area contributed by atoms with Crippen LogP contribution in [-0.4, -0.2) is 16.0 Å². The Morgan fingerprint density at radius 1 is 1.28 bits per heavy atom. The molecule has 1 aromatic carbocycles. The predicted octanol–water partition coefficient (Wildman–Crippen LogP) is 2.53. The second-order valence-electron chi connectivity index (χ2n) is 5.62. The van der Waals surface area contributed by atoms with Crippen LogP contribution in [0.1, 0.15) is 32.8 Å². The molecule has 0 spiro atoms. The quantitative estimate of drug-likeness (QED) is 0.800.